The second-order valence-electron chi connectivity index (χ2n) is 4.88. The van der Waals surface area contributed by atoms with Gasteiger partial charge in [-0.05, 0) is 43.5 Å². The average Bonchev–Trinajstić information content (AvgIpc) is 2.49. The summed E-state index contributed by atoms with van der Waals surface area (Å²) in [5.41, 5.74) is 2.94. The van der Waals surface area contributed by atoms with Gasteiger partial charge in [0, 0.05) is 6.08 Å². The van der Waals surface area contributed by atoms with Crippen molar-refractivity contribution in [2.24, 2.45) is 0 Å². The zero-order valence-electron chi connectivity index (χ0n) is 12.3. The Morgan fingerprint density at radius 3 is 2.48 bits per heavy atom. The summed E-state index contributed by atoms with van der Waals surface area (Å²) in [6, 6.07) is 9.59. The first kappa shape index (κ1) is 14.8. The normalized spacial score (nSPS) is 10.8. The van der Waals surface area contributed by atoms with E-state index in [1.54, 1.807) is 19.9 Å². The number of carbonyl (C=O) groups excluding carboxylic acids is 1. The first-order chi connectivity index (χ1) is 9.99. The summed E-state index contributed by atoms with van der Waals surface area (Å²) in [5, 5.41) is 12.5. The number of aromatic hydroxyl groups is 1. The van der Waals surface area contributed by atoms with Crippen LogP contribution >= 0.6 is 0 Å². The highest BCUT2D eigenvalue weighted by Gasteiger charge is 2.11. The number of benzene rings is 1. The molecule has 0 radical (unpaired) electrons. The van der Waals surface area contributed by atoms with Crippen molar-refractivity contribution in [3.05, 3.63) is 58.8 Å². The van der Waals surface area contributed by atoms with E-state index < -0.39 is 0 Å². The van der Waals surface area contributed by atoms with E-state index in [4.69, 9.17) is 0 Å². The molecule has 1 aromatic heterocycles. The van der Waals surface area contributed by atoms with Crippen molar-refractivity contribution in [1.29, 1.82) is 0 Å². The molecule has 0 saturated carbocycles. The van der Waals surface area contributed by atoms with Crippen LogP contribution in [0.25, 0.3) is 6.08 Å². The number of hydrogen-bond acceptors (Lipinski definition) is 3. The first-order valence-corrected chi connectivity index (χ1v) is 6.70. The lowest BCUT2D eigenvalue weighted by molar-refractivity contribution is -0.111. The highest BCUT2D eigenvalue weighted by molar-refractivity contribution is 6.01. The lowest BCUT2D eigenvalue weighted by Crippen LogP contribution is -2.12. The van der Waals surface area contributed by atoms with E-state index in [1.165, 1.54) is 6.08 Å². The number of carbonyl (C=O) groups is 1. The maximum absolute atomic E-state index is 11.9. The molecule has 108 valence electrons. The number of nitrogens with one attached hydrogen (secondary N) is 1. The molecule has 2 N–H and O–H groups in total. The number of aryl methyl sites for hydroxylation is 1. The van der Waals surface area contributed by atoms with E-state index in [1.807, 2.05) is 37.3 Å². The molecule has 2 aromatic rings. The van der Waals surface area contributed by atoms with E-state index in [0.717, 1.165) is 16.7 Å². The number of pyridine rings is 1. The molecule has 1 heterocycles. The van der Waals surface area contributed by atoms with Crippen molar-refractivity contribution in [1.82, 2.24) is 4.98 Å². The molecular weight excluding hydrogens is 264 g/mol. The predicted octanol–water partition coefficient (Wildman–Crippen LogP) is 3.36. The zero-order chi connectivity index (χ0) is 15.4. The van der Waals surface area contributed by atoms with E-state index in [0.29, 0.717) is 11.5 Å². The minimum absolute atomic E-state index is 0.172. The molecule has 0 aliphatic heterocycles. The fraction of sp³-hybridized carbons (Fsp3) is 0.176. The van der Waals surface area contributed by atoms with E-state index in [2.05, 4.69) is 10.3 Å². The molecule has 1 amide bonds. The van der Waals surface area contributed by atoms with Crippen molar-refractivity contribution in [2.45, 2.75) is 20.8 Å². The minimum atomic E-state index is -0.251. The molecular formula is C17H18N2O2. The highest BCUT2D eigenvalue weighted by Crippen LogP contribution is 2.27. The molecule has 21 heavy (non-hydrogen) atoms. The second kappa shape index (κ2) is 6.22. The first-order valence-electron chi connectivity index (χ1n) is 6.70. The van der Waals surface area contributed by atoms with Crippen LogP contribution in [-0.2, 0) is 4.79 Å². The van der Waals surface area contributed by atoms with Gasteiger partial charge >= 0.3 is 0 Å². The van der Waals surface area contributed by atoms with Gasteiger partial charge in [-0.2, -0.15) is 0 Å². The van der Waals surface area contributed by atoms with Crippen molar-refractivity contribution < 1.29 is 9.90 Å². The molecule has 0 aliphatic rings. The van der Waals surface area contributed by atoms with Gasteiger partial charge in [0.15, 0.2) is 0 Å². The Morgan fingerprint density at radius 1 is 1.14 bits per heavy atom. The quantitative estimate of drug-likeness (QED) is 0.848. The number of anilines is 1. The lowest BCUT2D eigenvalue weighted by Gasteiger charge is -2.11. The molecule has 0 atom stereocenters. The van der Waals surface area contributed by atoms with Crippen molar-refractivity contribution in [3.63, 3.8) is 0 Å². The Bertz CT molecular complexity index is 692. The summed E-state index contributed by atoms with van der Waals surface area (Å²) in [4.78, 5) is 16.2. The Balaban J connectivity index is 2.15. The highest BCUT2D eigenvalue weighted by atomic mass is 16.3. The van der Waals surface area contributed by atoms with Crippen LogP contribution < -0.4 is 5.32 Å². The number of nitrogens with zero attached hydrogens (tertiary/aromatic N) is 1. The minimum Gasteiger partial charge on any atom is -0.506 e. The number of amides is 1. The van der Waals surface area contributed by atoms with Crippen LogP contribution in [-0.4, -0.2) is 16.0 Å². The third kappa shape index (κ3) is 3.48. The van der Waals surface area contributed by atoms with Gasteiger partial charge in [0.1, 0.15) is 11.6 Å². The van der Waals surface area contributed by atoms with Gasteiger partial charge in [0.25, 0.3) is 0 Å². The third-order valence-corrected chi connectivity index (χ3v) is 3.36. The molecule has 0 bridgehead atoms. The van der Waals surface area contributed by atoms with Crippen LogP contribution in [0.5, 0.6) is 5.75 Å². The smallest absolute Gasteiger partial charge is 0.249 e. The number of hydrogen-bond donors (Lipinski definition) is 2. The van der Waals surface area contributed by atoms with Crippen LogP contribution in [0.15, 0.2) is 36.4 Å². The third-order valence-electron chi connectivity index (χ3n) is 3.36. The fourth-order valence-corrected chi connectivity index (χ4v) is 1.95. The monoisotopic (exact) mass is 282 g/mol. The molecule has 0 aliphatic carbocycles. The second-order valence-corrected chi connectivity index (χ2v) is 4.88. The standard InChI is InChI=1S/C17H18N2O2/c1-11-12(2)17(18-13(3)16(11)21)19-15(20)10-9-14-7-5-4-6-8-14/h4-10,21H,1-3H3,(H,18,19,20)/b10-9+. The Kier molecular flexibility index (Phi) is 4.38. The van der Waals surface area contributed by atoms with Crippen LogP contribution in [0.3, 0.4) is 0 Å². The molecule has 2 rings (SSSR count). The zero-order valence-corrected chi connectivity index (χ0v) is 12.3. The van der Waals surface area contributed by atoms with Crippen LogP contribution in [0.1, 0.15) is 22.4 Å². The maximum Gasteiger partial charge on any atom is 0.249 e. The Labute approximate surface area is 124 Å². The molecule has 0 fully saturated rings. The summed E-state index contributed by atoms with van der Waals surface area (Å²) in [7, 11) is 0. The maximum atomic E-state index is 11.9. The topological polar surface area (TPSA) is 62.2 Å². The fourth-order valence-electron chi connectivity index (χ4n) is 1.95. The molecule has 0 spiro atoms. The van der Waals surface area contributed by atoms with Gasteiger partial charge in [-0.15, -0.1) is 0 Å². The molecule has 0 unspecified atom stereocenters. The summed E-state index contributed by atoms with van der Waals surface area (Å²) < 4.78 is 0. The molecule has 4 nitrogen and oxygen atoms in total. The van der Waals surface area contributed by atoms with Crippen LogP contribution in [0.2, 0.25) is 0 Å². The summed E-state index contributed by atoms with van der Waals surface area (Å²) in [6.45, 7) is 5.32. The number of aromatic nitrogens is 1. The van der Waals surface area contributed by atoms with Gasteiger partial charge in [-0.25, -0.2) is 4.98 Å². The van der Waals surface area contributed by atoms with Gasteiger partial charge in [-0.1, -0.05) is 30.3 Å². The average molecular weight is 282 g/mol. The van der Waals surface area contributed by atoms with Gasteiger partial charge in [0.2, 0.25) is 5.91 Å². The van der Waals surface area contributed by atoms with Gasteiger partial charge in [0.05, 0.1) is 5.69 Å². The van der Waals surface area contributed by atoms with Gasteiger partial charge < -0.3 is 10.4 Å². The summed E-state index contributed by atoms with van der Waals surface area (Å²) in [6.07, 6.45) is 3.21. The molecule has 0 saturated heterocycles. The van der Waals surface area contributed by atoms with Crippen LogP contribution in [0, 0.1) is 20.8 Å². The van der Waals surface area contributed by atoms with E-state index >= 15 is 0 Å². The lowest BCUT2D eigenvalue weighted by atomic mass is 10.1. The molecule has 1 aromatic carbocycles. The Morgan fingerprint density at radius 2 is 1.81 bits per heavy atom. The largest absolute Gasteiger partial charge is 0.506 e. The van der Waals surface area contributed by atoms with Gasteiger partial charge in [-0.3, -0.25) is 4.79 Å². The van der Waals surface area contributed by atoms with E-state index in [-0.39, 0.29) is 11.7 Å². The van der Waals surface area contributed by atoms with Crippen molar-refractivity contribution >= 4 is 17.8 Å². The number of rotatable bonds is 3. The Hall–Kier alpha value is -2.62. The van der Waals surface area contributed by atoms with Crippen molar-refractivity contribution in [2.75, 3.05) is 5.32 Å². The molecule has 4 heteroatoms. The summed E-state index contributed by atoms with van der Waals surface area (Å²) >= 11 is 0. The predicted molar refractivity (Wildman–Crippen MR) is 84.2 cm³/mol. The summed E-state index contributed by atoms with van der Waals surface area (Å²) in [5.74, 6) is 0.398. The van der Waals surface area contributed by atoms with Crippen molar-refractivity contribution in [3.8, 4) is 5.75 Å². The van der Waals surface area contributed by atoms with E-state index in [9.17, 15) is 9.90 Å². The SMILES string of the molecule is Cc1nc(NC(=O)/C=C/c2ccccc2)c(C)c(C)c1O. The van der Waals surface area contributed by atoms with Crippen LogP contribution in [0.4, 0.5) is 5.82 Å².